The molecule has 80 valence electrons. The van der Waals surface area contributed by atoms with E-state index in [1.54, 1.807) is 0 Å². The van der Waals surface area contributed by atoms with E-state index in [4.69, 9.17) is 4.74 Å². The molecule has 0 heterocycles. The van der Waals surface area contributed by atoms with Gasteiger partial charge in [-0.05, 0) is 13.8 Å². The fraction of sp³-hybridized carbons (Fsp3) is 0.231. The first kappa shape index (κ1) is 15.7. The van der Waals surface area contributed by atoms with Gasteiger partial charge in [0, 0.05) is 5.75 Å². The number of benzene rings is 2. The summed E-state index contributed by atoms with van der Waals surface area (Å²) < 4.78 is 5.57. The smallest absolute Gasteiger partial charge is 1.00 e. The van der Waals surface area contributed by atoms with Crippen LogP contribution >= 0.6 is 0 Å². The fourth-order valence-corrected chi connectivity index (χ4v) is 1.42. The number of hydrogen-bond donors (Lipinski definition) is 0. The number of halogens is 1. The van der Waals surface area contributed by atoms with Crippen LogP contribution < -0.4 is 21.7 Å². The van der Waals surface area contributed by atoms with Crippen LogP contribution in [-0.4, -0.2) is 29.2 Å². The van der Waals surface area contributed by atoms with Crippen molar-refractivity contribution in [1.82, 2.24) is 0 Å². The minimum Gasteiger partial charge on any atom is -1.00 e. The Bertz CT molecular complexity index is 443. The second-order valence-electron chi connectivity index (χ2n) is 3.58. The van der Waals surface area contributed by atoms with E-state index >= 15 is 0 Å². The van der Waals surface area contributed by atoms with Gasteiger partial charge in [0.05, 0.1) is 6.10 Å². The van der Waals surface area contributed by atoms with E-state index in [2.05, 4.69) is 18.2 Å². The molecule has 0 atom stereocenters. The van der Waals surface area contributed by atoms with Crippen LogP contribution in [0.4, 0.5) is 0 Å². The SMILES string of the molecule is CC(C)Oc1[c-]c2ccccc2cc1.[Br-].[Mg+2]. The maximum atomic E-state index is 5.57. The summed E-state index contributed by atoms with van der Waals surface area (Å²) in [4.78, 5) is 0. The minimum atomic E-state index is 0. The molecule has 0 unspecified atom stereocenters. The zero-order chi connectivity index (χ0) is 9.97. The van der Waals surface area contributed by atoms with Crippen molar-refractivity contribution in [3.8, 4) is 5.75 Å². The van der Waals surface area contributed by atoms with E-state index in [1.165, 1.54) is 5.39 Å². The maximum Gasteiger partial charge on any atom is 2.00 e. The van der Waals surface area contributed by atoms with Crippen molar-refractivity contribution >= 4 is 33.8 Å². The average molecular weight is 289 g/mol. The molecule has 2 aromatic rings. The molecule has 0 saturated carbocycles. The third kappa shape index (κ3) is 3.96. The Balaban J connectivity index is 0.00000112. The van der Waals surface area contributed by atoms with Crippen molar-refractivity contribution in [3.63, 3.8) is 0 Å². The first-order valence-corrected chi connectivity index (χ1v) is 4.83. The van der Waals surface area contributed by atoms with Crippen LogP contribution in [0.15, 0.2) is 36.4 Å². The van der Waals surface area contributed by atoms with Crippen LogP contribution in [-0.2, 0) is 0 Å². The molecule has 0 N–H and O–H groups in total. The molecule has 0 radical (unpaired) electrons. The van der Waals surface area contributed by atoms with Crippen molar-refractivity contribution in [2.45, 2.75) is 20.0 Å². The first-order valence-electron chi connectivity index (χ1n) is 4.83. The molecule has 0 aliphatic heterocycles. The topological polar surface area (TPSA) is 9.23 Å². The fourth-order valence-electron chi connectivity index (χ4n) is 1.42. The molecule has 0 spiro atoms. The zero-order valence-electron chi connectivity index (χ0n) is 9.53. The second-order valence-corrected chi connectivity index (χ2v) is 3.58. The van der Waals surface area contributed by atoms with Crippen molar-refractivity contribution in [2.75, 3.05) is 0 Å². The third-order valence-electron chi connectivity index (χ3n) is 2.00. The third-order valence-corrected chi connectivity index (χ3v) is 2.00. The standard InChI is InChI=1S/C13H13O.BrH.Mg/c1-10(2)14-13-8-7-11-5-3-4-6-12(11)9-13;;/h3-8,10H,1-2H3;1H;/q-1;;+2/p-1. The monoisotopic (exact) mass is 288 g/mol. The summed E-state index contributed by atoms with van der Waals surface area (Å²) in [5.74, 6) is 0.818. The summed E-state index contributed by atoms with van der Waals surface area (Å²) in [6.07, 6.45) is 0.201. The van der Waals surface area contributed by atoms with E-state index in [9.17, 15) is 0 Å². The van der Waals surface area contributed by atoms with Gasteiger partial charge in [0.25, 0.3) is 0 Å². The van der Waals surface area contributed by atoms with Crippen LogP contribution in [0.5, 0.6) is 5.75 Å². The van der Waals surface area contributed by atoms with Crippen LogP contribution in [0, 0.1) is 6.07 Å². The quantitative estimate of drug-likeness (QED) is 0.561. The largest absolute Gasteiger partial charge is 2.00 e. The zero-order valence-corrected chi connectivity index (χ0v) is 12.5. The van der Waals surface area contributed by atoms with E-state index < -0.39 is 0 Å². The van der Waals surface area contributed by atoms with Crippen molar-refractivity contribution in [1.29, 1.82) is 0 Å². The number of ether oxygens (including phenoxy) is 1. The van der Waals surface area contributed by atoms with E-state index in [0.29, 0.717) is 0 Å². The Labute approximate surface area is 123 Å². The Kier molecular flexibility index (Phi) is 7.03. The van der Waals surface area contributed by atoms with Gasteiger partial charge in [-0.1, -0.05) is 18.2 Å². The summed E-state index contributed by atoms with van der Waals surface area (Å²) in [6.45, 7) is 4.03. The van der Waals surface area contributed by atoms with Crippen molar-refractivity contribution < 1.29 is 21.7 Å². The second kappa shape index (κ2) is 7.15. The Morgan fingerprint density at radius 2 is 1.75 bits per heavy atom. The van der Waals surface area contributed by atoms with Crippen LogP contribution in [0.2, 0.25) is 0 Å². The van der Waals surface area contributed by atoms with Gasteiger partial charge in [-0.2, -0.15) is 0 Å². The molecule has 2 aromatic carbocycles. The van der Waals surface area contributed by atoms with Gasteiger partial charge in [0.1, 0.15) is 0 Å². The molecule has 0 aromatic heterocycles. The van der Waals surface area contributed by atoms with E-state index in [1.807, 2.05) is 38.1 Å². The average Bonchev–Trinajstić information content (AvgIpc) is 2.17. The Hall–Kier alpha value is -0.254. The van der Waals surface area contributed by atoms with Gasteiger partial charge in [-0.15, -0.1) is 35.0 Å². The maximum absolute atomic E-state index is 5.57. The van der Waals surface area contributed by atoms with Gasteiger partial charge in [-0.3, -0.25) is 0 Å². The van der Waals surface area contributed by atoms with Crippen molar-refractivity contribution in [2.24, 2.45) is 0 Å². The summed E-state index contributed by atoms with van der Waals surface area (Å²) in [6, 6.07) is 15.4. The summed E-state index contributed by atoms with van der Waals surface area (Å²) in [7, 11) is 0. The Morgan fingerprint density at radius 3 is 2.44 bits per heavy atom. The number of fused-ring (bicyclic) bond motifs is 1. The molecule has 2 rings (SSSR count). The summed E-state index contributed by atoms with van der Waals surface area (Å²) in [5, 5.41) is 2.30. The number of rotatable bonds is 2. The molecule has 0 aliphatic carbocycles. The summed E-state index contributed by atoms with van der Waals surface area (Å²) >= 11 is 0. The molecular weight excluding hydrogens is 276 g/mol. The van der Waals surface area contributed by atoms with Gasteiger partial charge < -0.3 is 21.7 Å². The molecule has 0 saturated heterocycles. The van der Waals surface area contributed by atoms with Gasteiger partial charge >= 0.3 is 23.1 Å². The normalized spacial score (nSPS) is 9.44. The molecule has 1 nitrogen and oxygen atoms in total. The molecule has 0 fully saturated rings. The van der Waals surface area contributed by atoms with Gasteiger partial charge in [0.15, 0.2) is 0 Å². The molecule has 3 heteroatoms. The van der Waals surface area contributed by atoms with Crippen LogP contribution in [0.1, 0.15) is 13.8 Å². The molecule has 16 heavy (non-hydrogen) atoms. The Morgan fingerprint density at radius 1 is 1.06 bits per heavy atom. The van der Waals surface area contributed by atoms with E-state index in [0.717, 1.165) is 11.1 Å². The molecule has 0 aliphatic rings. The van der Waals surface area contributed by atoms with E-state index in [-0.39, 0.29) is 46.1 Å². The van der Waals surface area contributed by atoms with Crippen LogP contribution in [0.25, 0.3) is 10.8 Å². The van der Waals surface area contributed by atoms with Gasteiger partial charge in [0.2, 0.25) is 0 Å². The van der Waals surface area contributed by atoms with Crippen molar-refractivity contribution in [3.05, 3.63) is 42.5 Å². The minimum absolute atomic E-state index is 0. The molecular formula is C13H13BrMgO. The molecule has 0 amide bonds. The number of hydrogen-bond acceptors (Lipinski definition) is 1. The predicted molar refractivity (Wildman–Crippen MR) is 64.3 cm³/mol. The summed E-state index contributed by atoms with van der Waals surface area (Å²) in [5.41, 5.74) is 0. The van der Waals surface area contributed by atoms with Gasteiger partial charge in [-0.25, -0.2) is 0 Å². The first-order chi connectivity index (χ1) is 6.75. The molecule has 0 bridgehead atoms. The van der Waals surface area contributed by atoms with Crippen LogP contribution in [0.3, 0.4) is 0 Å². The predicted octanol–water partition coefficient (Wildman–Crippen LogP) is 0.0504.